The van der Waals surface area contributed by atoms with E-state index < -0.39 is 0 Å². The molecule has 0 heterocycles. The summed E-state index contributed by atoms with van der Waals surface area (Å²) in [6.07, 6.45) is 13.3. The first-order valence-corrected chi connectivity index (χ1v) is 8.93. The number of unbranched alkanes of at least 4 members (excludes halogenated alkanes) is 2. The smallest absolute Gasteiger partial charge is 0.00489 e. The zero-order valence-corrected chi connectivity index (χ0v) is 15.3. The van der Waals surface area contributed by atoms with E-state index in [9.17, 15) is 0 Å². The standard InChI is InChI=1S/C20H39N/c1-7-9-16-21-17-11-10-13-18(3)14-15-19(12-8-2)20(4,5)6/h8,15,18,21H,2,7,9-14,16-17H2,1,3-6H3. The van der Waals surface area contributed by atoms with E-state index in [4.69, 9.17) is 0 Å². The van der Waals surface area contributed by atoms with Gasteiger partial charge in [-0.25, -0.2) is 0 Å². The molecule has 0 amide bonds. The Morgan fingerprint density at radius 3 is 2.38 bits per heavy atom. The summed E-state index contributed by atoms with van der Waals surface area (Å²) in [7, 11) is 0. The fourth-order valence-corrected chi connectivity index (χ4v) is 2.48. The van der Waals surface area contributed by atoms with Crippen molar-refractivity contribution in [1.29, 1.82) is 0 Å². The number of hydrogen-bond donors (Lipinski definition) is 1. The lowest BCUT2D eigenvalue weighted by molar-refractivity contribution is 0.469. The Hall–Kier alpha value is -0.560. The molecule has 124 valence electrons. The second-order valence-electron chi connectivity index (χ2n) is 7.41. The number of nitrogens with one attached hydrogen (secondary N) is 1. The summed E-state index contributed by atoms with van der Waals surface area (Å²) < 4.78 is 0. The Balaban J connectivity index is 3.86. The van der Waals surface area contributed by atoms with Crippen molar-refractivity contribution >= 4 is 0 Å². The molecular formula is C20H39N. The third kappa shape index (κ3) is 11.7. The minimum Gasteiger partial charge on any atom is -0.317 e. The van der Waals surface area contributed by atoms with E-state index in [2.05, 4.69) is 52.6 Å². The lowest BCUT2D eigenvalue weighted by atomic mass is 9.83. The minimum atomic E-state index is 0.275. The molecule has 0 radical (unpaired) electrons. The van der Waals surface area contributed by atoms with E-state index in [1.54, 1.807) is 0 Å². The topological polar surface area (TPSA) is 12.0 Å². The molecule has 1 nitrogen and oxygen atoms in total. The molecule has 0 bridgehead atoms. The van der Waals surface area contributed by atoms with Gasteiger partial charge in [-0.05, 0) is 50.1 Å². The zero-order chi connectivity index (χ0) is 16.1. The molecule has 0 spiro atoms. The largest absolute Gasteiger partial charge is 0.317 e. The fourth-order valence-electron chi connectivity index (χ4n) is 2.48. The maximum absolute atomic E-state index is 3.88. The van der Waals surface area contributed by atoms with Crippen LogP contribution in [0.25, 0.3) is 0 Å². The second-order valence-corrected chi connectivity index (χ2v) is 7.41. The average Bonchev–Trinajstić information content (AvgIpc) is 2.41. The Kier molecular flexibility index (Phi) is 11.7. The van der Waals surface area contributed by atoms with Crippen LogP contribution in [-0.2, 0) is 0 Å². The van der Waals surface area contributed by atoms with Crippen LogP contribution in [0.4, 0.5) is 0 Å². The van der Waals surface area contributed by atoms with Gasteiger partial charge < -0.3 is 5.32 Å². The maximum Gasteiger partial charge on any atom is -0.00489 e. The van der Waals surface area contributed by atoms with E-state index >= 15 is 0 Å². The Labute approximate surface area is 134 Å². The highest BCUT2D eigenvalue weighted by Gasteiger charge is 2.15. The van der Waals surface area contributed by atoms with Crippen LogP contribution in [0.15, 0.2) is 24.3 Å². The summed E-state index contributed by atoms with van der Waals surface area (Å²) >= 11 is 0. The summed E-state index contributed by atoms with van der Waals surface area (Å²) in [6, 6.07) is 0. The third-order valence-corrected chi connectivity index (χ3v) is 4.10. The summed E-state index contributed by atoms with van der Waals surface area (Å²) in [6.45, 7) is 17.8. The second kappa shape index (κ2) is 12.0. The van der Waals surface area contributed by atoms with Gasteiger partial charge in [0.15, 0.2) is 0 Å². The molecule has 0 aliphatic rings. The van der Waals surface area contributed by atoms with E-state index in [1.807, 2.05) is 6.08 Å². The van der Waals surface area contributed by atoms with Gasteiger partial charge in [-0.3, -0.25) is 0 Å². The van der Waals surface area contributed by atoms with Crippen molar-refractivity contribution in [2.75, 3.05) is 13.1 Å². The van der Waals surface area contributed by atoms with Gasteiger partial charge >= 0.3 is 0 Å². The molecule has 1 heteroatoms. The maximum atomic E-state index is 3.88. The fraction of sp³-hybridized carbons (Fsp3) is 0.800. The van der Waals surface area contributed by atoms with Gasteiger partial charge in [-0.1, -0.05) is 71.6 Å². The molecular weight excluding hydrogens is 254 g/mol. The minimum absolute atomic E-state index is 0.275. The van der Waals surface area contributed by atoms with Gasteiger partial charge in [0.2, 0.25) is 0 Å². The molecule has 0 aliphatic heterocycles. The van der Waals surface area contributed by atoms with Crippen molar-refractivity contribution in [1.82, 2.24) is 5.32 Å². The van der Waals surface area contributed by atoms with Crippen LogP contribution < -0.4 is 5.32 Å². The molecule has 1 atom stereocenters. The van der Waals surface area contributed by atoms with Crippen LogP contribution >= 0.6 is 0 Å². The molecule has 1 unspecified atom stereocenters. The van der Waals surface area contributed by atoms with Gasteiger partial charge in [0.05, 0.1) is 0 Å². The molecule has 0 rings (SSSR count). The van der Waals surface area contributed by atoms with Gasteiger partial charge in [-0.15, -0.1) is 6.58 Å². The molecule has 0 aromatic carbocycles. The summed E-state index contributed by atoms with van der Waals surface area (Å²) in [5.74, 6) is 0.794. The van der Waals surface area contributed by atoms with E-state index in [0.717, 1.165) is 12.3 Å². The lowest BCUT2D eigenvalue weighted by Crippen LogP contribution is -2.16. The van der Waals surface area contributed by atoms with Crippen LogP contribution in [0.5, 0.6) is 0 Å². The van der Waals surface area contributed by atoms with Crippen molar-refractivity contribution < 1.29 is 0 Å². The van der Waals surface area contributed by atoms with Crippen molar-refractivity contribution in [3.05, 3.63) is 24.3 Å². The van der Waals surface area contributed by atoms with Crippen LogP contribution in [0.1, 0.15) is 79.6 Å². The molecule has 0 aromatic heterocycles. The van der Waals surface area contributed by atoms with Crippen LogP contribution in [0.2, 0.25) is 0 Å². The molecule has 0 aliphatic carbocycles. The molecule has 0 fully saturated rings. The highest BCUT2D eigenvalue weighted by Crippen LogP contribution is 2.29. The summed E-state index contributed by atoms with van der Waals surface area (Å²) in [5, 5.41) is 3.52. The average molecular weight is 294 g/mol. The van der Waals surface area contributed by atoms with Crippen molar-refractivity contribution in [2.45, 2.75) is 79.6 Å². The first kappa shape index (κ1) is 20.4. The Bertz CT molecular complexity index is 283. The van der Waals surface area contributed by atoms with E-state index in [-0.39, 0.29) is 5.41 Å². The lowest BCUT2D eigenvalue weighted by Gasteiger charge is -2.23. The molecule has 21 heavy (non-hydrogen) atoms. The molecule has 0 saturated carbocycles. The highest BCUT2D eigenvalue weighted by molar-refractivity contribution is 5.14. The normalized spacial score (nSPS) is 14.2. The zero-order valence-electron chi connectivity index (χ0n) is 15.3. The summed E-state index contributed by atoms with van der Waals surface area (Å²) in [5.41, 5.74) is 1.81. The number of rotatable bonds is 12. The van der Waals surface area contributed by atoms with E-state index in [1.165, 1.54) is 57.2 Å². The predicted octanol–water partition coefficient (Wildman–Crippen LogP) is 6.12. The third-order valence-electron chi connectivity index (χ3n) is 4.10. The first-order valence-electron chi connectivity index (χ1n) is 8.93. The van der Waals surface area contributed by atoms with Crippen LogP contribution in [-0.4, -0.2) is 13.1 Å². The van der Waals surface area contributed by atoms with Gasteiger partial charge in [-0.2, -0.15) is 0 Å². The first-order chi connectivity index (χ1) is 9.91. The number of allylic oxidation sites excluding steroid dienone is 3. The number of hydrogen-bond acceptors (Lipinski definition) is 1. The molecule has 1 N–H and O–H groups in total. The Morgan fingerprint density at radius 2 is 1.81 bits per heavy atom. The molecule has 0 aromatic rings. The van der Waals surface area contributed by atoms with Crippen LogP contribution in [0, 0.1) is 11.3 Å². The Morgan fingerprint density at radius 1 is 1.14 bits per heavy atom. The predicted molar refractivity (Wildman–Crippen MR) is 97.8 cm³/mol. The van der Waals surface area contributed by atoms with Crippen molar-refractivity contribution in [3.8, 4) is 0 Å². The molecule has 0 saturated heterocycles. The monoisotopic (exact) mass is 293 g/mol. The van der Waals surface area contributed by atoms with Crippen molar-refractivity contribution in [3.63, 3.8) is 0 Å². The van der Waals surface area contributed by atoms with Gasteiger partial charge in [0.1, 0.15) is 0 Å². The SMILES string of the molecule is C=CCC(=CCC(C)CCCCNCCCC)C(C)(C)C. The van der Waals surface area contributed by atoms with Crippen molar-refractivity contribution in [2.24, 2.45) is 11.3 Å². The van der Waals surface area contributed by atoms with E-state index in [0.29, 0.717) is 0 Å². The van der Waals surface area contributed by atoms with Gasteiger partial charge in [0.25, 0.3) is 0 Å². The van der Waals surface area contributed by atoms with Gasteiger partial charge in [0, 0.05) is 0 Å². The summed E-state index contributed by atoms with van der Waals surface area (Å²) in [4.78, 5) is 0. The quantitative estimate of drug-likeness (QED) is 0.337. The highest BCUT2D eigenvalue weighted by atomic mass is 14.8. The van der Waals surface area contributed by atoms with Crippen LogP contribution in [0.3, 0.4) is 0 Å².